The summed E-state index contributed by atoms with van der Waals surface area (Å²) < 4.78 is 6.99. The topological polar surface area (TPSA) is 74.6 Å². The molecule has 1 unspecified atom stereocenters. The fourth-order valence-electron chi connectivity index (χ4n) is 4.22. The summed E-state index contributed by atoms with van der Waals surface area (Å²) in [5, 5.41) is 0.681. The zero-order valence-corrected chi connectivity index (χ0v) is 18.2. The van der Waals surface area contributed by atoms with Crippen molar-refractivity contribution in [2.24, 2.45) is 0 Å². The van der Waals surface area contributed by atoms with Crippen molar-refractivity contribution < 1.29 is 9.64 Å². The molecule has 0 aliphatic carbocycles. The molecule has 1 aliphatic heterocycles. The molecule has 1 aliphatic rings. The highest BCUT2D eigenvalue weighted by Crippen LogP contribution is 2.29. The van der Waals surface area contributed by atoms with Crippen LogP contribution in [-0.4, -0.2) is 16.2 Å². The van der Waals surface area contributed by atoms with Crippen molar-refractivity contribution in [2.75, 3.05) is 12.4 Å². The molecule has 3 heterocycles. The van der Waals surface area contributed by atoms with Gasteiger partial charge in [0.1, 0.15) is 30.3 Å². The number of thiophene rings is 1. The van der Waals surface area contributed by atoms with Gasteiger partial charge in [0.15, 0.2) is 5.82 Å². The number of quaternary nitrogens is 1. The zero-order valence-electron chi connectivity index (χ0n) is 17.4. The standard InChI is InChI=1S/C24H24N4O2S/c1-16-6-5-9-18(12-16)30-15-21-26-23-22(24(29)28(21)25)19-10-11-27(14-20(19)31-23)13-17-7-3-2-4-8-17/h2-9,12H,10-11,13-15,25H2,1H3/p+1. The molecule has 5 rings (SSSR count). The van der Waals surface area contributed by atoms with E-state index in [1.165, 1.54) is 15.3 Å². The monoisotopic (exact) mass is 433 g/mol. The molecule has 2 aromatic heterocycles. The fraction of sp³-hybridized carbons (Fsp3) is 0.250. The Hall–Kier alpha value is -3.16. The van der Waals surface area contributed by atoms with Crippen LogP contribution in [0.4, 0.5) is 0 Å². The molecule has 0 amide bonds. The van der Waals surface area contributed by atoms with E-state index in [2.05, 4.69) is 24.3 Å². The van der Waals surface area contributed by atoms with Crippen LogP contribution in [-0.2, 0) is 26.1 Å². The van der Waals surface area contributed by atoms with E-state index in [0.717, 1.165) is 52.4 Å². The van der Waals surface area contributed by atoms with Gasteiger partial charge in [-0.1, -0.05) is 42.5 Å². The molecule has 0 fully saturated rings. The first-order valence-electron chi connectivity index (χ1n) is 10.5. The Morgan fingerprint density at radius 3 is 2.84 bits per heavy atom. The van der Waals surface area contributed by atoms with Crippen LogP contribution >= 0.6 is 11.3 Å². The molecule has 31 heavy (non-hydrogen) atoms. The first-order chi connectivity index (χ1) is 15.1. The van der Waals surface area contributed by atoms with Crippen molar-refractivity contribution in [3.05, 3.63) is 92.3 Å². The van der Waals surface area contributed by atoms with Crippen LogP contribution in [0.3, 0.4) is 0 Å². The molecule has 3 N–H and O–H groups in total. The normalized spacial score (nSPS) is 15.7. The second kappa shape index (κ2) is 8.17. The Morgan fingerprint density at radius 1 is 1.19 bits per heavy atom. The Bertz CT molecular complexity index is 1300. The molecule has 0 saturated heterocycles. The number of nitrogens with one attached hydrogen (secondary N) is 1. The number of rotatable bonds is 5. The smallest absolute Gasteiger partial charge is 0.281 e. The third-order valence-corrected chi connectivity index (χ3v) is 6.93. The van der Waals surface area contributed by atoms with Gasteiger partial charge in [-0.15, -0.1) is 11.3 Å². The van der Waals surface area contributed by atoms with Gasteiger partial charge in [-0.05, 0) is 30.2 Å². The average Bonchev–Trinajstić information content (AvgIpc) is 3.13. The molecular weight excluding hydrogens is 408 g/mol. The Labute approximate surface area is 184 Å². The van der Waals surface area contributed by atoms with Crippen LogP contribution in [0, 0.1) is 6.92 Å². The summed E-state index contributed by atoms with van der Waals surface area (Å²) in [5.74, 6) is 7.30. The number of fused-ring (bicyclic) bond motifs is 3. The van der Waals surface area contributed by atoms with E-state index in [9.17, 15) is 4.79 Å². The van der Waals surface area contributed by atoms with Gasteiger partial charge in [0, 0.05) is 12.0 Å². The van der Waals surface area contributed by atoms with Gasteiger partial charge in [-0.25, -0.2) is 9.66 Å². The fourth-order valence-corrected chi connectivity index (χ4v) is 5.52. The summed E-state index contributed by atoms with van der Waals surface area (Å²) in [6, 6.07) is 18.3. The molecule has 0 saturated carbocycles. The second-order valence-electron chi connectivity index (χ2n) is 8.08. The van der Waals surface area contributed by atoms with E-state index < -0.39 is 0 Å². The lowest BCUT2D eigenvalue weighted by Gasteiger charge is -2.23. The predicted octanol–water partition coefficient (Wildman–Crippen LogP) is 2.20. The molecule has 0 spiro atoms. The van der Waals surface area contributed by atoms with Crippen LogP contribution in [0.2, 0.25) is 0 Å². The molecule has 1 atom stereocenters. The van der Waals surface area contributed by atoms with Gasteiger partial charge in [0.25, 0.3) is 5.56 Å². The Balaban J connectivity index is 1.41. The third kappa shape index (κ3) is 3.94. The summed E-state index contributed by atoms with van der Waals surface area (Å²) >= 11 is 1.62. The minimum absolute atomic E-state index is 0.152. The van der Waals surface area contributed by atoms with Crippen LogP contribution < -0.4 is 21.0 Å². The molecule has 7 heteroatoms. The lowest BCUT2D eigenvalue weighted by molar-refractivity contribution is -0.929. The second-order valence-corrected chi connectivity index (χ2v) is 9.17. The lowest BCUT2D eigenvalue weighted by atomic mass is 10.0. The number of hydrogen-bond donors (Lipinski definition) is 2. The van der Waals surface area contributed by atoms with Gasteiger partial charge >= 0.3 is 0 Å². The first-order valence-corrected chi connectivity index (χ1v) is 11.3. The number of nitrogen functional groups attached to an aromatic ring is 1. The Morgan fingerprint density at radius 2 is 2.03 bits per heavy atom. The number of aryl methyl sites for hydroxylation is 1. The number of benzene rings is 2. The Kier molecular flexibility index (Phi) is 5.21. The first kappa shape index (κ1) is 19.8. The number of ether oxygens (including phenoxy) is 1. The molecule has 4 aromatic rings. The number of hydrogen-bond acceptors (Lipinski definition) is 5. The van der Waals surface area contributed by atoms with Gasteiger partial charge in [-0.2, -0.15) is 0 Å². The van der Waals surface area contributed by atoms with Crippen LogP contribution in [0.5, 0.6) is 5.75 Å². The van der Waals surface area contributed by atoms with Gasteiger partial charge < -0.3 is 15.5 Å². The SMILES string of the molecule is Cc1cccc(OCc2nc3sc4c(c3c(=O)n2N)CC[NH+](Cc2ccccc2)C4)c1. The number of nitrogens with two attached hydrogens (primary N) is 1. The highest BCUT2D eigenvalue weighted by atomic mass is 32.1. The van der Waals surface area contributed by atoms with Crippen molar-refractivity contribution >= 4 is 21.6 Å². The maximum absolute atomic E-state index is 13.1. The van der Waals surface area contributed by atoms with Crippen molar-refractivity contribution in [1.29, 1.82) is 0 Å². The van der Waals surface area contributed by atoms with E-state index in [1.807, 2.05) is 37.3 Å². The minimum atomic E-state index is -0.183. The highest BCUT2D eigenvalue weighted by Gasteiger charge is 2.27. The van der Waals surface area contributed by atoms with Crippen molar-refractivity contribution in [3.63, 3.8) is 0 Å². The van der Waals surface area contributed by atoms with E-state index >= 15 is 0 Å². The van der Waals surface area contributed by atoms with Crippen molar-refractivity contribution in [1.82, 2.24) is 9.66 Å². The summed E-state index contributed by atoms with van der Waals surface area (Å²) in [7, 11) is 0. The lowest BCUT2D eigenvalue weighted by Crippen LogP contribution is -3.10. The highest BCUT2D eigenvalue weighted by molar-refractivity contribution is 7.18. The zero-order chi connectivity index (χ0) is 21.4. The summed E-state index contributed by atoms with van der Waals surface area (Å²) in [4.78, 5) is 21.3. The molecule has 2 aromatic carbocycles. The van der Waals surface area contributed by atoms with E-state index in [1.54, 1.807) is 11.3 Å². The maximum atomic E-state index is 13.1. The van der Waals surface area contributed by atoms with Crippen LogP contribution in [0.25, 0.3) is 10.2 Å². The van der Waals surface area contributed by atoms with Gasteiger partial charge in [0.05, 0.1) is 16.8 Å². The molecular formula is C24H25N4O2S+. The number of nitrogens with zero attached hydrogens (tertiary/aromatic N) is 2. The van der Waals surface area contributed by atoms with Gasteiger partial charge in [0.2, 0.25) is 0 Å². The molecule has 6 nitrogen and oxygen atoms in total. The molecule has 158 valence electrons. The van der Waals surface area contributed by atoms with Crippen LogP contribution in [0.1, 0.15) is 27.4 Å². The largest absolute Gasteiger partial charge is 0.486 e. The van der Waals surface area contributed by atoms with E-state index in [0.29, 0.717) is 11.2 Å². The average molecular weight is 434 g/mol. The number of aromatic nitrogens is 2. The summed E-state index contributed by atoms with van der Waals surface area (Å²) in [6.07, 6.45) is 0.869. The van der Waals surface area contributed by atoms with Crippen molar-refractivity contribution in [3.8, 4) is 5.75 Å². The third-order valence-electron chi connectivity index (χ3n) is 5.81. The quantitative estimate of drug-likeness (QED) is 0.473. The predicted molar refractivity (Wildman–Crippen MR) is 123 cm³/mol. The van der Waals surface area contributed by atoms with Crippen LogP contribution in [0.15, 0.2) is 59.4 Å². The van der Waals surface area contributed by atoms with Gasteiger partial charge in [-0.3, -0.25) is 4.79 Å². The maximum Gasteiger partial charge on any atom is 0.281 e. The molecule has 0 bridgehead atoms. The van der Waals surface area contributed by atoms with E-state index in [-0.39, 0.29) is 12.2 Å². The summed E-state index contributed by atoms with van der Waals surface area (Å²) in [6.45, 7) is 5.05. The summed E-state index contributed by atoms with van der Waals surface area (Å²) in [5.41, 5.74) is 3.39. The minimum Gasteiger partial charge on any atom is -0.486 e. The molecule has 0 radical (unpaired) electrons. The van der Waals surface area contributed by atoms with Crippen molar-refractivity contribution in [2.45, 2.75) is 33.0 Å². The van der Waals surface area contributed by atoms with E-state index in [4.69, 9.17) is 15.6 Å².